The van der Waals surface area contributed by atoms with Crippen LogP contribution in [0.15, 0.2) is 58.4 Å². The second kappa shape index (κ2) is 9.26. The average molecular weight is 497 g/mol. The Kier molecular flexibility index (Phi) is 6.57. The van der Waals surface area contributed by atoms with Crippen LogP contribution in [0.1, 0.15) is 27.8 Å². The first-order valence-corrected chi connectivity index (χ1v) is 11.9. The van der Waals surface area contributed by atoms with Crippen LogP contribution < -0.4 is 4.90 Å². The van der Waals surface area contributed by atoms with Crippen LogP contribution in [0.3, 0.4) is 0 Å². The van der Waals surface area contributed by atoms with Crippen molar-refractivity contribution in [1.82, 2.24) is 0 Å². The minimum Gasteiger partial charge on any atom is -0.506 e. The summed E-state index contributed by atoms with van der Waals surface area (Å²) in [6, 6.07) is 15.1. The predicted molar refractivity (Wildman–Crippen MR) is 140 cm³/mol. The average Bonchev–Trinajstić information content (AvgIpc) is 3.05. The Balaban J connectivity index is 1.89. The lowest BCUT2D eigenvalue weighted by molar-refractivity contribution is -0.113. The molecule has 0 aromatic heterocycles. The summed E-state index contributed by atoms with van der Waals surface area (Å²) >= 11 is 13.5. The number of phenolic OH excluding ortho intramolecular Hbond substituents is 1. The van der Waals surface area contributed by atoms with Crippen LogP contribution in [0.5, 0.6) is 5.75 Å². The van der Waals surface area contributed by atoms with E-state index in [4.69, 9.17) is 28.2 Å². The molecule has 1 heterocycles. The normalized spacial score (nSPS) is 16.3. The maximum absolute atomic E-state index is 13.6. The molecule has 1 amide bonds. The van der Waals surface area contributed by atoms with Crippen molar-refractivity contribution in [3.05, 3.63) is 91.3 Å². The molecule has 33 heavy (non-hydrogen) atoms. The topological polar surface area (TPSA) is 52.9 Å². The predicted octanol–water partition coefficient (Wildman–Crippen LogP) is 7.74. The molecule has 3 aromatic rings. The van der Waals surface area contributed by atoms with Crippen LogP contribution in [0.4, 0.5) is 11.4 Å². The number of carbonyl (C=O) groups is 1. The summed E-state index contributed by atoms with van der Waals surface area (Å²) in [5.74, 6) is -0.353. The van der Waals surface area contributed by atoms with Crippen molar-refractivity contribution in [2.24, 2.45) is 4.99 Å². The SMILES string of the molecule is Cc1ccc(C)c(N=C2SC(=Cc3cc(Cl)cc(Cl)c3O)C(=O)N2c2cc(C)ccc2C)c1. The zero-order chi connectivity index (χ0) is 23.9. The Labute approximate surface area is 207 Å². The number of benzene rings is 3. The lowest BCUT2D eigenvalue weighted by atomic mass is 10.1. The molecule has 1 N–H and O–H groups in total. The highest BCUT2D eigenvalue weighted by molar-refractivity contribution is 8.19. The molecule has 4 nitrogen and oxygen atoms in total. The van der Waals surface area contributed by atoms with E-state index >= 15 is 0 Å². The van der Waals surface area contributed by atoms with E-state index in [0.717, 1.165) is 33.6 Å². The summed E-state index contributed by atoms with van der Waals surface area (Å²) < 4.78 is 0. The third-order valence-corrected chi connectivity index (χ3v) is 6.81. The third kappa shape index (κ3) is 4.81. The van der Waals surface area contributed by atoms with Gasteiger partial charge in [-0.15, -0.1) is 0 Å². The number of amidine groups is 1. The summed E-state index contributed by atoms with van der Waals surface area (Å²) in [5, 5.41) is 11.4. The monoisotopic (exact) mass is 496 g/mol. The number of nitrogens with zero attached hydrogens (tertiary/aromatic N) is 2. The number of halogens is 2. The molecule has 0 saturated carbocycles. The number of amides is 1. The lowest BCUT2D eigenvalue weighted by Gasteiger charge is -2.19. The minimum absolute atomic E-state index is 0.125. The van der Waals surface area contributed by atoms with Crippen LogP contribution in [0.25, 0.3) is 6.08 Å². The van der Waals surface area contributed by atoms with Crippen LogP contribution in [0.2, 0.25) is 10.0 Å². The second-order valence-electron chi connectivity index (χ2n) is 8.05. The number of aryl methyl sites for hydroxylation is 4. The Bertz CT molecular complexity index is 1350. The fourth-order valence-corrected chi connectivity index (χ4v) is 4.99. The first-order chi connectivity index (χ1) is 15.6. The molecule has 0 atom stereocenters. The van der Waals surface area contributed by atoms with Gasteiger partial charge in [-0.05, 0) is 92.1 Å². The largest absolute Gasteiger partial charge is 0.506 e. The highest BCUT2D eigenvalue weighted by atomic mass is 35.5. The van der Waals surface area contributed by atoms with Gasteiger partial charge in [0, 0.05) is 10.6 Å². The molecule has 1 aliphatic heterocycles. The van der Waals surface area contributed by atoms with Gasteiger partial charge in [-0.3, -0.25) is 9.69 Å². The molecule has 1 fully saturated rings. The molecular weight excluding hydrogens is 475 g/mol. The smallest absolute Gasteiger partial charge is 0.271 e. The van der Waals surface area contributed by atoms with Gasteiger partial charge in [0.15, 0.2) is 5.17 Å². The van der Waals surface area contributed by atoms with Gasteiger partial charge >= 0.3 is 0 Å². The molecular formula is C26H22Cl2N2O2S. The molecule has 0 unspecified atom stereocenters. The Hall–Kier alpha value is -2.73. The lowest BCUT2D eigenvalue weighted by Crippen LogP contribution is -2.29. The van der Waals surface area contributed by atoms with Crippen molar-refractivity contribution in [2.75, 3.05) is 4.90 Å². The molecule has 0 spiro atoms. The number of phenols is 1. The van der Waals surface area contributed by atoms with Crippen molar-refractivity contribution in [3.8, 4) is 5.75 Å². The molecule has 7 heteroatoms. The molecule has 1 aliphatic rings. The number of anilines is 1. The number of rotatable bonds is 3. The summed E-state index contributed by atoms with van der Waals surface area (Å²) in [4.78, 5) is 20.5. The fourth-order valence-electron chi connectivity index (χ4n) is 3.50. The Morgan fingerprint density at radius 1 is 0.939 bits per heavy atom. The van der Waals surface area contributed by atoms with Crippen LogP contribution in [0, 0.1) is 27.7 Å². The minimum atomic E-state index is -0.228. The maximum atomic E-state index is 13.6. The molecule has 0 radical (unpaired) electrons. The van der Waals surface area contributed by atoms with Gasteiger partial charge in [-0.2, -0.15) is 0 Å². The summed E-state index contributed by atoms with van der Waals surface area (Å²) in [6.07, 6.45) is 1.60. The fraction of sp³-hybridized carbons (Fsp3) is 0.154. The Morgan fingerprint density at radius 2 is 1.61 bits per heavy atom. The van der Waals surface area contributed by atoms with Gasteiger partial charge in [0.2, 0.25) is 0 Å². The van der Waals surface area contributed by atoms with Crippen LogP contribution in [-0.4, -0.2) is 16.2 Å². The number of aromatic hydroxyl groups is 1. The van der Waals surface area contributed by atoms with Gasteiger partial charge in [0.25, 0.3) is 5.91 Å². The first-order valence-electron chi connectivity index (χ1n) is 10.3. The second-order valence-corrected chi connectivity index (χ2v) is 9.90. The molecule has 4 rings (SSSR count). The Morgan fingerprint density at radius 3 is 2.33 bits per heavy atom. The van der Waals surface area contributed by atoms with Crippen molar-refractivity contribution in [3.63, 3.8) is 0 Å². The molecule has 3 aromatic carbocycles. The van der Waals surface area contributed by atoms with E-state index < -0.39 is 0 Å². The number of carbonyl (C=O) groups excluding carboxylic acids is 1. The number of hydrogen-bond donors (Lipinski definition) is 1. The molecule has 0 bridgehead atoms. The number of aliphatic imine (C=N–C) groups is 1. The quantitative estimate of drug-likeness (QED) is 0.377. The van der Waals surface area contributed by atoms with Gasteiger partial charge in [-0.25, -0.2) is 4.99 Å². The van der Waals surface area contributed by atoms with Gasteiger partial charge in [0.1, 0.15) is 5.75 Å². The van der Waals surface area contributed by atoms with Crippen LogP contribution >= 0.6 is 35.0 Å². The molecule has 168 valence electrons. The maximum Gasteiger partial charge on any atom is 0.271 e. The summed E-state index contributed by atoms with van der Waals surface area (Å²) in [5.41, 5.74) is 6.04. The molecule has 1 saturated heterocycles. The first kappa shape index (κ1) is 23.4. The standard InChI is InChI=1S/C26H22Cl2N2O2S/c1-14-5-7-16(3)21(9-14)29-26-30(22-10-15(2)6-8-17(22)4)25(32)23(33-26)12-18-11-19(27)13-20(28)24(18)31/h5-13,31H,1-4H3. The van der Waals surface area contributed by atoms with Crippen molar-refractivity contribution >= 4 is 63.5 Å². The van der Waals surface area contributed by atoms with Crippen molar-refractivity contribution in [2.45, 2.75) is 27.7 Å². The van der Waals surface area contributed by atoms with Gasteiger partial charge < -0.3 is 5.11 Å². The van der Waals surface area contributed by atoms with Gasteiger partial charge in [0.05, 0.1) is 21.3 Å². The van der Waals surface area contributed by atoms with E-state index in [0.29, 0.717) is 20.7 Å². The van der Waals surface area contributed by atoms with E-state index in [2.05, 4.69) is 0 Å². The molecule has 0 aliphatic carbocycles. The van der Waals surface area contributed by atoms with E-state index in [1.807, 2.05) is 64.1 Å². The zero-order valence-corrected chi connectivity index (χ0v) is 20.9. The van der Waals surface area contributed by atoms with E-state index in [9.17, 15) is 9.90 Å². The number of hydrogen-bond acceptors (Lipinski definition) is 4. The summed E-state index contributed by atoms with van der Waals surface area (Å²) in [7, 11) is 0. The van der Waals surface area contributed by atoms with Crippen molar-refractivity contribution in [1.29, 1.82) is 0 Å². The zero-order valence-electron chi connectivity index (χ0n) is 18.6. The highest BCUT2D eigenvalue weighted by Gasteiger charge is 2.36. The van der Waals surface area contributed by atoms with Crippen molar-refractivity contribution < 1.29 is 9.90 Å². The van der Waals surface area contributed by atoms with E-state index in [-0.39, 0.29) is 16.7 Å². The summed E-state index contributed by atoms with van der Waals surface area (Å²) in [6.45, 7) is 7.95. The van der Waals surface area contributed by atoms with Gasteiger partial charge in [-0.1, -0.05) is 47.5 Å². The highest BCUT2D eigenvalue weighted by Crippen LogP contribution is 2.41. The van der Waals surface area contributed by atoms with E-state index in [1.54, 1.807) is 17.0 Å². The van der Waals surface area contributed by atoms with Crippen LogP contribution in [-0.2, 0) is 4.79 Å². The number of thioether (sulfide) groups is 1. The van der Waals surface area contributed by atoms with E-state index in [1.165, 1.54) is 17.8 Å². The third-order valence-electron chi connectivity index (χ3n) is 5.34.